The molecule has 2 rings (SSSR count). The summed E-state index contributed by atoms with van der Waals surface area (Å²) < 4.78 is 17.7. The van der Waals surface area contributed by atoms with Crippen LogP contribution in [0.15, 0.2) is 40.8 Å². The van der Waals surface area contributed by atoms with Crippen molar-refractivity contribution in [3.63, 3.8) is 0 Å². The van der Waals surface area contributed by atoms with E-state index >= 15 is 0 Å². The summed E-state index contributed by atoms with van der Waals surface area (Å²) in [6, 6.07) is 8.12. The Kier molecular flexibility index (Phi) is 4.55. The molecule has 1 aromatic heterocycles. The van der Waals surface area contributed by atoms with E-state index < -0.39 is 12.0 Å². The summed E-state index contributed by atoms with van der Waals surface area (Å²) in [5, 5.41) is 13.8. The number of hydrogen-bond donors (Lipinski definition) is 3. The van der Waals surface area contributed by atoms with Gasteiger partial charge in [-0.1, -0.05) is 12.1 Å². The smallest absolute Gasteiger partial charge is 0.371 e. The lowest BCUT2D eigenvalue weighted by atomic mass is 10.2. The highest BCUT2D eigenvalue weighted by Gasteiger charge is 2.09. The number of amides is 2. The van der Waals surface area contributed by atoms with Gasteiger partial charge in [-0.05, 0) is 29.8 Å². The van der Waals surface area contributed by atoms with E-state index in [1.807, 2.05) is 0 Å². The van der Waals surface area contributed by atoms with Gasteiger partial charge in [0.1, 0.15) is 11.6 Å². The first-order valence-electron chi connectivity index (χ1n) is 6.13. The maximum absolute atomic E-state index is 12.7. The van der Waals surface area contributed by atoms with Crippen molar-refractivity contribution < 1.29 is 23.5 Å². The highest BCUT2D eigenvalue weighted by molar-refractivity contribution is 5.84. The number of rotatable bonds is 5. The van der Waals surface area contributed by atoms with E-state index in [2.05, 4.69) is 10.6 Å². The molecule has 0 bridgehead atoms. The molecule has 0 aliphatic rings. The maximum Gasteiger partial charge on any atom is 0.371 e. The van der Waals surface area contributed by atoms with Gasteiger partial charge in [0.2, 0.25) is 5.76 Å². The summed E-state index contributed by atoms with van der Waals surface area (Å²) >= 11 is 0. The predicted molar refractivity (Wildman–Crippen MR) is 71.1 cm³/mol. The van der Waals surface area contributed by atoms with E-state index in [1.165, 1.54) is 24.3 Å². The van der Waals surface area contributed by atoms with Crippen LogP contribution in [-0.4, -0.2) is 17.1 Å². The zero-order valence-corrected chi connectivity index (χ0v) is 10.9. The van der Waals surface area contributed by atoms with Crippen LogP contribution in [0.2, 0.25) is 0 Å². The van der Waals surface area contributed by atoms with Crippen molar-refractivity contribution in [3.05, 3.63) is 59.3 Å². The van der Waals surface area contributed by atoms with Gasteiger partial charge in [-0.25, -0.2) is 14.0 Å². The third kappa shape index (κ3) is 4.34. The maximum atomic E-state index is 12.7. The molecular weight excluding hydrogens is 279 g/mol. The van der Waals surface area contributed by atoms with Crippen LogP contribution in [0.1, 0.15) is 21.9 Å². The number of carbonyl (C=O) groups is 2. The number of benzene rings is 1. The molecule has 21 heavy (non-hydrogen) atoms. The number of furan rings is 1. The van der Waals surface area contributed by atoms with Gasteiger partial charge in [0.05, 0.1) is 6.54 Å². The van der Waals surface area contributed by atoms with Crippen LogP contribution in [0.25, 0.3) is 0 Å². The fourth-order valence-corrected chi connectivity index (χ4v) is 1.60. The molecule has 0 saturated heterocycles. The Balaban J connectivity index is 1.76. The topological polar surface area (TPSA) is 91.6 Å². The van der Waals surface area contributed by atoms with Crippen molar-refractivity contribution in [2.75, 3.05) is 0 Å². The van der Waals surface area contributed by atoms with Crippen molar-refractivity contribution in [2.24, 2.45) is 0 Å². The molecule has 1 aromatic carbocycles. The molecule has 3 N–H and O–H groups in total. The molecule has 0 saturated carbocycles. The van der Waals surface area contributed by atoms with Crippen LogP contribution in [-0.2, 0) is 13.1 Å². The molecule has 6 nitrogen and oxygen atoms in total. The third-order valence-corrected chi connectivity index (χ3v) is 2.66. The largest absolute Gasteiger partial charge is 0.475 e. The minimum Gasteiger partial charge on any atom is -0.475 e. The second kappa shape index (κ2) is 6.56. The van der Waals surface area contributed by atoms with Crippen LogP contribution in [0.4, 0.5) is 9.18 Å². The van der Waals surface area contributed by atoms with Gasteiger partial charge in [0, 0.05) is 6.54 Å². The zero-order chi connectivity index (χ0) is 15.2. The first-order chi connectivity index (χ1) is 10.0. The Morgan fingerprint density at radius 3 is 2.33 bits per heavy atom. The molecule has 0 aliphatic heterocycles. The van der Waals surface area contributed by atoms with Gasteiger partial charge in [-0.2, -0.15) is 0 Å². The molecule has 0 aliphatic carbocycles. The summed E-state index contributed by atoms with van der Waals surface area (Å²) in [5.74, 6) is -1.35. The van der Waals surface area contributed by atoms with Crippen LogP contribution in [0.3, 0.4) is 0 Å². The Morgan fingerprint density at radius 1 is 1.05 bits per heavy atom. The average Bonchev–Trinajstić information content (AvgIpc) is 2.93. The molecule has 2 amide bonds. The van der Waals surface area contributed by atoms with Gasteiger partial charge < -0.3 is 20.2 Å². The lowest BCUT2D eigenvalue weighted by Crippen LogP contribution is -2.34. The second-order valence-corrected chi connectivity index (χ2v) is 4.23. The molecule has 0 unspecified atom stereocenters. The van der Waals surface area contributed by atoms with Crippen LogP contribution in [0.5, 0.6) is 0 Å². The minimum absolute atomic E-state index is 0.0720. The molecule has 0 fully saturated rings. The first-order valence-corrected chi connectivity index (χ1v) is 6.13. The van der Waals surface area contributed by atoms with E-state index in [1.54, 1.807) is 12.1 Å². The minimum atomic E-state index is -1.16. The molecule has 0 spiro atoms. The number of carbonyl (C=O) groups excluding carboxylic acids is 1. The van der Waals surface area contributed by atoms with Gasteiger partial charge in [0.15, 0.2) is 0 Å². The van der Waals surface area contributed by atoms with Crippen molar-refractivity contribution in [1.82, 2.24) is 10.6 Å². The quantitative estimate of drug-likeness (QED) is 0.787. The monoisotopic (exact) mass is 292 g/mol. The van der Waals surface area contributed by atoms with Crippen LogP contribution in [0, 0.1) is 5.82 Å². The van der Waals surface area contributed by atoms with E-state index in [4.69, 9.17) is 9.52 Å². The lowest BCUT2D eigenvalue weighted by Gasteiger charge is -2.06. The van der Waals surface area contributed by atoms with Crippen molar-refractivity contribution in [2.45, 2.75) is 13.1 Å². The van der Waals surface area contributed by atoms with E-state index in [-0.39, 0.29) is 24.7 Å². The average molecular weight is 292 g/mol. The molecule has 2 aromatic rings. The summed E-state index contributed by atoms with van der Waals surface area (Å²) in [6.45, 7) is 0.327. The van der Waals surface area contributed by atoms with Gasteiger partial charge >= 0.3 is 12.0 Å². The number of aromatic carboxylic acids is 1. The highest BCUT2D eigenvalue weighted by atomic mass is 19.1. The Labute approximate surface area is 119 Å². The first kappa shape index (κ1) is 14.6. The van der Waals surface area contributed by atoms with Gasteiger partial charge in [0.25, 0.3) is 0 Å². The fourth-order valence-electron chi connectivity index (χ4n) is 1.60. The van der Waals surface area contributed by atoms with E-state index in [9.17, 15) is 14.0 Å². The third-order valence-electron chi connectivity index (χ3n) is 2.66. The lowest BCUT2D eigenvalue weighted by molar-refractivity contribution is 0.0660. The fraction of sp³-hybridized carbons (Fsp3) is 0.143. The Bertz CT molecular complexity index is 637. The zero-order valence-electron chi connectivity index (χ0n) is 10.9. The molecule has 1 heterocycles. The number of carboxylic acid groups (broad SMARTS) is 1. The van der Waals surface area contributed by atoms with Crippen LogP contribution < -0.4 is 10.6 Å². The number of nitrogens with one attached hydrogen (secondary N) is 2. The van der Waals surface area contributed by atoms with E-state index in [0.717, 1.165) is 5.56 Å². The normalized spacial score (nSPS) is 10.1. The number of urea groups is 1. The summed E-state index contributed by atoms with van der Waals surface area (Å²) in [5.41, 5.74) is 0.762. The van der Waals surface area contributed by atoms with Crippen molar-refractivity contribution >= 4 is 12.0 Å². The predicted octanol–water partition coefficient (Wildman–Crippen LogP) is 2.12. The van der Waals surface area contributed by atoms with Gasteiger partial charge in [-0.15, -0.1) is 0 Å². The Morgan fingerprint density at radius 2 is 1.71 bits per heavy atom. The summed E-state index contributed by atoms with van der Waals surface area (Å²) in [7, 11) is 0. The number of halogens is 1. The SMILES string of the molecule is O=C(NCc1ccc(F)cc1)NCc1ccc(C(=O)O)o1. The van der Waals surface area contributed by atoms with E-state index in [0.29, 0.717) is 5.76 Å². The molecule has 0 atom stereocenters. The molecule has 110 valence electrons. The van der Waals surface area contributed by atoms with Crippen LogP contribution >= 0.6 is 0 Å². The molecule has 7 heteroatoms. The van der Waals surface area contributed by atoms with Crippen molar-refractivity contribution in [1.29, 1.82) is 0 Å². The Hall–Kier alpha value is -2.83. The molecular formula is C14H13FN2O4. The summed E-state index contributed by atoms with van der Waals surface area (Å²) in [4.78, 5) is 22.2. The standard InChI is InChI=1S/C14H13FN2O4/c15-10-3-1-9(2-4-10)7-16-14(20)17-8-11-5-6-12(21-11)13(18)19/h1-6H,7-8H2,(H,18,19)(H2,16,17,20). The summed E-state index contributed by atoms with van der Waals surface area (Å²) in [6.07, 6.45) is 0. The number of hydrogen-bond acceptors (Lipinski definition) is 3. The second-order valence-electron chi connectivity index (χ2n) is 4.23. The highest BCUT2D eigenvalue weighted by Crippen LogP contribution is 2.07. The number of carboxylic acids is 1. The van der Waals surface area contributed by atoms with Gasteiger partial charge in [-0.3, -0.25) is 0 Å². The van der Waals surface area contributed by atoms with Crippen molar-refractivity contribution in [3.8, 4) is 0 Å². The molecule has 0 radical (unpaired) electrons.